The summed E-state index contributed by atoms with van der Waals surface area (Å²) >= 11 is 3.38. The largest absolute Gasteiger partial charge is 0.496 e. The maximum atomic E-state index is 13.4. The summed E-state index contributed by atoms with van der Waals surface area (Å²) in [6, 6.07) is 16.7. The number of para-hydroxylation sites is 1. The lowest BCUT2D eigenvalue weighted by Crippen LogP contribution is -2.29. The molecule has 0 fully saturated rings. The number of rotatable bonds is 7. The summed E-state index contributed by atoms with van der Waals surface area (Å²) in [5, 5.41) is 2.66. The molecule has 1 amide bonds. The van der Waals surface area contributed by atoms with Crippen molar-refractivity contribution in [1.29, 1.82) is 0 Å². The van der Waals surface area contributed by atoms with Crippen molar-refractivity contribution in [2.75, 3.05) is 29.9 Å². The average Bonchev–Trinajstić information content (AvgIpc) is 3.29. The van der Waals surface area contributed by atoms with Crippen LogP contribution >= 0.6 is 15.9 Å². The molecule has 0 spiro atoms. The fourth-order valence-electron chi connectivity index (χ4n) is 3.81. The minimum absolute atomic E-state index is 0.0741. The highest BCUT2D eigenvalue weighted by Crippen LogP contribution is 2.34. The van der Waals surface area contributed by atoms with Crippen LogP contribution in [0.5, 0.6) is 5.75 Å². The summed E-state index contributed by atoms with van der Waals surface area (Å²) in [4.78, 5) is 25.0. The van der Waals surface area contributed by atoms with Crippen molar-refractivity contribution in [2.45, 2.75) is 18.2 Å². The Hall–Kier alpha value is -3.37. The van der Waals surface area contributed by atoms with E-state index in [-0.39, 0.29) is 16.2 Å². The molecule has 1 aliphatic rings. The van der Waals surface area contributed by atoms with E-state index in [9.17, 15) is 18.0 Å². The number of esters is 1. The number of aryl methyl sites for hydroxylation is 1. The van der Waals surface area contributed by atoms with E-state index in [4.69, 9.17) is 9.47 Å². The highest BCUT2D eigenvalue weighted by Gasteiger charge is 2.32. The number of halogens is 1. The van der Waals surface area contributed by atoms with E-state index < -0.39 is 28.5 Å². The Morgan fingerprint density at radius 1 is 1.09 bits per heavy atom. The molecule has 4 rings (SSSR count). The van der Waals surface area contributed by atoms with Gasteiger partial charge in [0.1, 0.15) is 11.3 Å². The number of fused-ring (bicyclic) bond motifs is 1. The van der Waals surface area contributed by atoms with Gasteiger partial charge in [0.25, 0.3) is 15.9 Å². The van der Waals surface area contributed by atoms with Crippen molar-refractivity contribution < 1.29 is 27.5 Å². The second-order valence-corrected chi connectivity index (χ2v) is 10.6. The van der Waals surface area contributed by atoms with Gasteiger partial charge >= 0.3 is 5.97 Å². The van der Waals surface area contributed by atoms with E-state index in [1.165, 1.54) is 29.6 Å². The van der Waals surface area contributed by atoms with Gasteiger partial charge in [-0.15, -0.1) is 0 Å². The van der Waals surface area contributed by atoms with Gasteiger partial charge in [0.2, 0.25) is 0 Å². The Bertz CT molecular complexity index is 1410. The van der Waals surface area contributed by atoms with Gasteiger partial charge in [0.05, 0.1) is 23.4 Å². The Morgan fingerprint density at radius 2 is 1.86 bits per heavy atom. The summed E-state index contributed by atoms with van der Waals surface area (Å²) in [5.41, 5.74) is 3.01. The number of sulfonamides is 1. The van der Waals surface area contributed by atoms with E-state index in [0.29, 0.717) is 28.8 Å². The first-order valence-corrected chi connectivity index (χ1v) is 13.0. The number of amides is 1. The molecule has 0 aliphatic carbocycles. The van der Waals surface area contributed by atoms with E-state index in [1.807, 2.05) is 31.2 Å². The van der Waals surface area contributed by atoms with E-state index in [0.717, 1.165) is 11.1 Å². The van der Waals surface area contributed by atoms with Crippen molar-refractivity contribution in [3.05, 3.63) is 81.8 Å². The van der Waals surface area contributed by atoms with Crippen LogP contribution < -0.4 is 14.4 Å². The second kappa shape index (κ2) is 10.1. The van der Waals surface area contributed by atoms with Gasteiger partial charge in [-0.05, 0) is 76.8 Å². The zero-order chi connectivity index (χ0) is 25.2. The minimum atomic E-state index is -3.93. The van der Waals surface area contributed by atoms with Gasteiger partial charge in [-0.3, -0.25) is 9.10 Å². The third-order valence-electron chi connectivity index (χ3n) is 5.56. The molecule has 0 radical (unpaired) electrons. The average molecular weight is 559 g/mol. The molecule has 35 heavy (non-hydrogen) atoms. The normalized spacial score (nSPS) is 12.7. The first-order chi connectivity index (χ1) is 16.7. The molecule has 3 aromatic rings. The highest BCUT2D eigenvalue weighted by atomic mass is 79.9. The molecule has 0 unspecified atom stereocenters. The number of benzene rings is 3. The Kier molecular flexibility index (Phi) is 7.13. The van der Waals surface area contributed by atoms with E-state index >= 15 is 0 Å². The molecule has 0 atom stereocenters. The zero-order valence-corrected chi connectivity index (χ0v) is 21.5. The number of anilines is 2. The highest BCUT2D eigenvalue weighted by molar-refractivity contribution is 9.10. The quantitative estimate of drug-likeness (QED) is 0.433. The lowest BCUT2D eigenvalue weighted by Gasteiger charge is -2.20. The number of carbonyl (C=O) groups excluding carboxylic acids is 2. The summed E-state index contributed by atoms with van der Waals surface area (Å²) in [6.45, 7) is 1.67. The molecular formula is C25H23BrN2O6S. The molecule has 1 N–H and O–H groups in total. The topological polar surface area (TPSA) is 102 Å². The fourth-order valence-corrected chi connectivity index (χ4v) is 5.93. The molecule has 3 aromatic carbocycles. The van der Waals surface area contributed by atoms with Crippen LogP contribution in [0.1, 0.15) is 21.5 Å². The standard InChI is InChI=1S/C25H23BrN2O6S/c1-16-7-9-21(20(26)13-16)27-24(29)15-34-25(30)19-14-18(8-10-23(19)33-2)35(31,32)28-12-11-17-5-3-4-6-22(17)28/h3-10,13-14H,11-12,15H2,1-2H3,(H,27,29). The first kappa shape index (κ1) is 24.7. The number of nitrogens with one attached hydrogen (secondary N) is 1. The van der Waals surface area contributed by atoms with Gasteiger partial charge in [-0.2, -0.15) is 0 Å². The van der Waals surface area contributed by atoms with Gasteiger partial charge in [0.15, 0.2) is 6.61 Å². The van der Waals surface area contributed by atoms with Crippen molar-refractivity contribution in [3.63, 3.8) is 0 Å². The fraction of sp³-hybridized carbons (Fsp3) is 0.200. The van der Waals surface area contributed by atoms with Crippen molar-refractivity contribution in [1.82, 2.24) is 0 Å². The molecule has 8 nitrogen and oxygen atoms in total. The molecule has 182 valence electrons. The van der Waals surface area contributed by atoms with Crippen molar-refractivity contribution >= 4 is 49.2 Å². The van der Waals surface area contributed by atoms with Crippen LogP contribution in [0.15, 0.2) is 70.0 Å². The summed E-state index contributed by atoms with van der Waals surface area (Å²) in [6.07, 6.45) is 0.604. The van der Waals surface area contributed by atoms with Crippen molar-refractivity contribution in [3.8, 4) is 5.75 Å². The van der Waals surface area contributed by atoms with Crippen LogP contribution in [-0.4, -0.2) is 40.6 Å². The number of hydrogen-bond donors (Lipinski definition) is 1. The monoisotopic (exact) mass is 558 g/mol. The lowest BCUT2D eigenvalue weighted by molar-refractivity contribution is -0.119. The molecule has 1 heterocycles. The van der Waals surface area contributed by atoms with Crippen LogP contribution in [-0.2, 0) is 26.0 Å². The maximum Gasteiger partial charge on any atom is 0.342 e. The Balaban J connectivity index is 1.51. The molecule has 0 saturated heterocycles. The predicted octanol–water partition coefficient (Wildman–Crippen LogP) is 4.31. The minimum Gasteiger partial charge on any atom is -0.496 e. The van der Waals surface area contributed by atoms with Crippen LogP contribution in [0.25, 0.3) is 0 Å². The maximum absolute atomic E-state index is 13.4. The third kappa shape index (κ3) is 5.18. The number of nitrogens with zero attached hydrogens (tertiary/aromatic N) is 1. The molecule has 0 bridgehead atoms. The second-order valence-electron chi connectivity index (χ2n) is 7.93. The smallest absolute Gasteiger partial charge is 0.342 e. The van der Waals surface area contributed by atoms with Gasteiger partial charge in [-0.1, -0.05) is 24.3 Å². The van der Waals surface area contributed by atoms with E-state index in [2.05, 4.69) is 21.2 Å². The number of carbonyl (C=O) groups is 2. The first-order valence-electron chi connectivity index (χ1n) is 10.7. The zero-order valence-electron chi connectivity index (χ0n) is 19.1. The van der Waals surface area contributed by atoms with Crippen LogP contribution in [0, 0.1) is 6.92 Å². The van der Waals surface area contributed by atoms with Gasteiger partial charge in [-0.25, -0.2) is 13.2 Å². The van der Waals surface area contributed by atoms with Crippen LogP contribution in [0.4, 0.5) is 11.4 Å². The molecule has 0 saturated carbocycles. The molecular weight excluding hydrogens is 536 g/mol. The molecule has 10 heteroatoms. The number of hydrogen-bond acceptors (Lipinski definition) is 6. The summed E-state index contributed by atoms with van der Waals surface area (Å²) in [5.74, 6) is -1.28. The molecule has 0 aromatic heterocycles. The number of methoxy groups -OCH3 is 1. The van der Waals surface area contributed by atoms with Crippen LogP contribution in [0.3, 0.4) is 0 Å². The Morgan fingerprint density at radius 3 is 2.60 bits per heavy atom. The van der Waals surface area contributed by atoms with Crippen LogP contribution in [0.2, 0.25) is 0 Å². The number of ether oxygens (including phenoxy) is 2. The third-order valence-corrected chi connectivity index (χ3v) is 8.02. The van der Waals surface area contributed by atoms with Gasteiger partial charge in [0, 0.05) is 11.0 Å². The molecule has 1 aliphatic heterocycles. The Labute approximate surface area is 212 Å². The summed E-state index contributed by atoms with van der Waals surface area (Å²) < 4.78 is 39.1. The lowest BCUT2D eigenvalue weighted by atomic mass is 10.2. The van der Waals surface area contributed by atoms with Crippen molar-refractivity contribution in [2.24, 2.45) is 0 Å². The van der Waals surface area contributed by atoms with Gasteiger partial charge < -0.3 is 14.8 Å². The predicted molar refractivity (Wildman–Crippen MR) is 135 cm³/mol. The SMILES string of the molecule is COc1ccc(S(=O)(=O)N2CCc3ccccc32)cc1C(=O)OCC(=O)Nc1ccc(C)cc1Br. The van der Waals surface area contributed by atoms with E-state index in [1.54, 1.807) is 18.2 Å². The summed E-state index contributed by atoms with van der Waals surface area (Å²) in [7, 11) is -2.57.